The Morgan fingerprint density at radius 2 is 1.92 bits per heavy atom. The van der Waals surface area contributed by atoms with Gasteiger partial charge in [-0.3, -0.25) is 4.79 Å². The van der Waals surface area contributed by atoms with Crippen LogP contribution in [0.2, 0.25) is 0 Å². The molecular formula is C20H21N3O. The molecule has 0 saturated carbocycles. The lowest BCUT2D eigenvalue weighted by Gasteiger charge is -2.13. The summed E-state index contributed by atoms with van der Waals surface area (Å²) in [7, 11) is 0. The number of nitrogens with zero attached hydrogens (tertiary/aromatic N) is 1. The van der Waals surface area contributed by atoms with Gasteiger partial charge in [-0.1, -0.05) is 18.2 Å². The van der Waals surface area contributed by atoms with E-state index in [1.807, 2.05) is 42.6 Å². The van der Waals surface area contributed by atoms with Gasteiger partial charge in [-0.05, 0) is 54.7 Å². The number of rotatable bonds is 4. The molecule has 3 N–H and O–H groups in total. The number of benzene rings is 1. The van der Waals surface area contributed by atoms with Crippen LogP contribution in [0.15, 0.2) is 48.7 Å². The summed E-state index contributed by atoms with van der Waals surface area (Å²) in [5.41, 5.74) is 12.3. The largest absolute Gasteiger partial charge is 0.397 e. The van der Waals surface area contributed by atoms with Crippen LogP contribution in [0.3, 0.4) is 0 Å². The van der Waals surface area contributed by atoms with Crippen molar-refractivity contribution in [3.05, 3.63) is 65.5 Å². The SMILES string of the molecule is Nc1ccccc1NCCc1c2c(n3ccccc13)C(=O)CCC2. The second-order valence-electron chi connectivity index (χ2n) is 6.30. The molecule has 0 atom stereocenters. The van der Waals surface area contributed by atoms with Crippen molar-refractivity contribution in [2.24, 2.45) is 0 Å². The van der Waals surface area contributed by atoms with Crippen LogP contribution in [0.25, 0.3) is 5.52 Å². The normalized spacial score (nSPS) is 13.9. The highest BCUT2D eigenvalue weighted by atomic mass is 16.1. The first-order chi connectivity index (χ1) is 11.8. The Morgan fingerprint density at radius 3 is 2.79 bits per heavy atom. The fraction of sp³-hybridized carbons (Fsp3) is 0.250. The molecule has 4 nitrogen and oxygen atoms in total. The minimum atomic E-state index is 0.268. The van der Waals surface area contributed by atoms with Gasteiger partial charge in [0, 0.05) is 24.7 Å². The van der Waals surface area contributed by atoms with Crippen LogP contribution < -0.4 is 11.1 Å². The summed E-state index contributed by atoms with van der Waals surface area (Å²) in [5.74, 6) is 0.268. The summed E-state index contributed by atoms with van der Waals surface area (Å²) in [6, 6.07) is 13.9. The molecule has 2 heterocycles. The Labute approximate surface area is 141 Å². The summed E-state index contributed by atoms with van der Waals surface area (Å²) < 4.78 is 2.07. The first kappa shape index (κ1) is 14.8. The minimum Gasteiger partial charge on any atom is -0.397 e. The third-order valence-electron chi connectivity index (χ3n) is 4.81. The number of ketones is 1. The van der Waals surface area contributed by atoms with Gasteiger partial charge in [0.2, 0.25) is 0 Å². The second-order valence-corrected chi connectivity index (χ2v) is 6.30. The van der Waals surface area contributed by atoms with Gasteiger partial charge in [-0.25, -0.2) is 0 Å². The lowest BCUT2D eigenvalue weighted by molar-refractivity contribution is 0.0966. The second kappa shape index (κ2) is 6.04. The third-order valence-corrected chi connectivity index (χ3v) is 4.81. The summed E-state index contributed by atoms with van der Waals surface area (Å²) in [5, 5.41) is 3.41. The maximum Gasteiger partial charge on any atom is 0.179 e. The van der Waals surface area contributed by atoms with Crippen molar-refractivity contribution in [1.29, 1.82) is 0 Å². The zero-order valence-corrected chi connectivity index (χ0v) is 13.6. The van der Waals surface area contributed by atoms with Gasteiger partial charge < -0.3 is 15.5 Å². The van der Waals surface area contributed by atoms with E-state index in [0.29, 0.717) is 6.42 Å². The number of nitrogens with two attached hydrogens (primary N) is 1. The maximum atomic E-state index is 12.4. The molecule has 1 aliphatic carbocycles. The van der Waals surface area contributed by atoms with Crippen molar-refractivity contribution in [3.63, 3.8) is 0 Å². The zero-order chi connectivity index (χ0) is 16.5. The molecule has 3 aromatic rings. The predicted octanol–water partition coefficient (Wildman–Crippen LogP) is 3.70. The van der Waals surface area contributed by atoms with E-state index in [9.17, 15) is 4.79 Å². The zero-order valence-electron chi connectivity index (χ0n) is 13.6. The van der Waals surface area contributed by atoms with Gasteiger partial charge in [-0.2, -0.15) is 0 Å². The minimum absolute atomic E-state index is 0.268. The van der Waals surface area contributed by atoms with Crippen LogP contribution >= 0.6 is 0 Å². The Balaban J connectivity index is 1.65. The number of aromatic nitrogens is 1. The Hall–Kier alpha value is -2.75. The molecular weight excluding hydrogens is 298 g/mol. The molecule has 2 aromatic heterocycles. The fourth-order valence-corrected chi connectivity index (χ4v) is 3.70. The Bertz CT molecular complexity index is 910. The van der Waals surface area contributed by atoms with Gasteiger partial charge in [0.1, 0.15) is 0 Å². The average molecular weight is 319 g/mol. The fourth-order valence-electron chi connectivity index (χ4n) is 3.70. The number of carbonyl (C=O) groups is 1. The van der Waals surface area contributed by atoms with Gasteiger partial charge in [0.15, 0.2) is 5.78 Å². The number of nitrogens with one attached hydrogen (secondary N) is 1. The summed E-state index contributed by atoms with van der Waals surface area (Å²) >= 11 is 0. The molecule has 0 unspecified atom stereocenters. The Kier molecular flexibility index (Phi) is 3.73. The van der Waals surface area contributed by atoms with E-state index in [-0.39, 0.29) is 5.78 Å². The van der Waals surface area contributed by atoms with Gasteiger partial charge in [0.05, 0.1) is 17.1 Å². The molecule has 0 amide bonds. The van der Waals surface area contributed by atoms with Gasteiger partial charge in [-0.15, -0.1) is 0 Å². The van der Waals surface area contributed by atoms with Crippen molar-refractivity contribution >= 4 is 22.7 Å². The molecule has 4 rings (SSSR count). The van der Waals surface area contributed by atoms with Gasteiger partial charge >= 0.3 is 0 Å². The highest BCUT2D eigenvalue weighted by molar-refractivity contribution is 5.99. The van der Waals surface area contributed by atoms with E-state index in [1.165, 1.54) is 11.1 Å². The van der Waals surface area contributed by atoms with Crippen LogP contribution in [-0.4, -0.2) is 16.7 Å². The van der Waals surface area contributed by atoms with Crippen LogP contribution in [0.5, 0.6) is 0 Å². The van der Waals surface area contributed by atoms with E-state index in [1.54, 1.807) is 0 Å². The number of hydrogen-bond acceptors (Lipinski definition) is 3. The number of fused-ring (bicyclic) bond motifs is 3. The van der Waals surface area contributed by atoms with Crippen LogP contribution in [0, 0.1) is 0 Å². The number of hydrogen-bond donors (Lipinski definition) is 2. The van der Waals surface area contributed by atoms with Crippen molar-refractivity contribution < 1.29 is 4.79 Å². The lowest BCUT2D eigenvalue weighted by atomic mass is 9.92. The summed E-state index contributed by atoms with van der Waals surface area (Å²) in [6.45, 7) is 0.795. The van der Waals surface area contributed by atoms with E-state index in [2.05, 4.69) is 15.8 Å². The molecule has 122 valence electrons. The average Bonchev–Trinajstić information content (AvgIpc) is 2.92. The standard InChI is InChI=1S/C20H21N3O/c21-16-7-1-2-8-17(16)22-12-11-14-15-6-5-10-19(24)20(15)23-13-4-3-9-18(14)23/h1-4,7-9,13,22H,5-6,10-12,21H2. The molecule has 0 fully saturated rings. The summed E-state index contributed by atoms with van der Waals surface area (Å²) in [6.07, 6.45) is 5.49. The van der Waals surface area contributed by atoms with E-state index in [0.717, 1.165) is 48.4 Å². The van der Waals surface area contributed by atoms with Crippen molar-refractivity contribution in [2.75, 3.05) is 17.6 Å². The molecule has 4 heteroatoms. The topological polar surface area (TPSA) is 59.5 Å². The maximum absolute atomic E-state index is 12.4. The molecule has 0 bridgehead atoms. The Morgan fingerprint density at radius 1 is 1.08 bits per heavy atom. The molecule has 1 aliphatic rings. The first-order valence-corrected chi connectivity index (χ1v) is 8.48. The number of nitrogen functional groups attached to an aromatic ring is 1. The van der Waals surface area contributed by atoms with Crippen LogP contribution in [0.4, 0.5) is 11.4 Å². The smallest absolute Gasteiger partial charge is 0.179 e. The number of Topliss-reactive ketones (excluding diaryl/α,β-unsaturated/α-hetero) is 1. The number of anilines is 2. The van der Waals surface area contributed by atoms with Crippen molar-refractivity contribution in [3.8, 4) is 0 Å². The molecule has 24 heavy (non-hydrogen) atoms. The third kappa shape index (κ3) is 2.44. The van der Waals surface area contributed by atoms with Crippen molar-refractivity contribution in [1.82, 2.24) is 4.40 Å². The first-order valence-electron chi connectivity index (χ1n) is 8.48. The van der Waals surface area contributed by atoms with E-state index < -0.39 is 0 Å². The summed E-state index contributed by atoms with van der Waals surface area (Å²) in [4.78, 5) is 12.4. The molecule has 0 saturated heterocycles. The van der Waals surface area contributed by atoms with E-state index in [4.69, 9.17) is 5.73 Å². The number of para-hydroxylation sites is 2. The number of carbonyl (C=O) groups excluding carboxylic acids is 1. The molecule has 1 aromatic carbocycles. The monoisotopic (exact) mass is 319 g/mol. The highest BCUT2D eigenvalue weighted by Crippen LogP contribution is 2.30. The molecule has 0 radical (unpaired) electrons. The van der Waals surface area contributed by atoms with Crippen molar-refractivity contribution in [2.45, 2.75) is 25.7 Å². The lowest BCUT2D eigenvalue weighted by Crippen LogP contribution is -2.13. The molecule has 0 aliphatic heterocycles. The van der Waals surface area contributed by atoms with Crippen LogP contribution in [-0.2, 0) is 12.8 Å². The number of pyridine rings is 1. The van der Waals surface area contributed by atoms with E-state index >= 15 is 0 Å². The highest BCUT2D eigenvalue weighted by Gasteiger charge is 2.25. The quantitative estimate of drug-likeness (QED) is 0.721. The predicted molar refractivity (Wildman–Crippen MR) is 97.7 cm³/mol. The molecule has 0 spiro atoms. The van der Waals surface area contributed by atoms with Crippen LogP contribution in [0.1, 0.15) is 34.5 Å². The van der Waals surface area contributed by atoms with Gasteiger partial charge in [0.25, 0.3) is 0 Å².